The zero-order valence-corrected chi connectivity index (χ0v) is 23.5. The Bertz CT molecular complexity index is 1320. The van der Waals surface area contributed by atoms with Gasteiger partial charge in [0.15, 0.2) is 5.82 Å². The SMILES string of the molecule is CCC(C)(C)NC(=O)[C@@H](c1ccccc1Cl)N(C(=O)CCC(=O)Nc1cc(C)on1)c1ccc(C)c(C)c1. The van der Waals surface area contributed by atoms with Crippen LogP contribution in [0.4, 0.5) is 11.5 Å². The van der Waals surface area contributed by atoms with Crippen LogP contribution in [-0.2, 0) is 14.4 Å². The Morgan fingerprint density at radius 2 is 1.74 bits per heavy atom. The smallest absolute Gasteiger partial charge is 0.248 e. The third kappa shape index (κ3) is 7.22. The molecule has 3 rings (SSSR count). The highest BCUT2D eigenvalue weighted by Gasteiger charge is 2.36. The van der Waals surface area contributed by atoms with E-state index in [2.05, 4.69) is 15.8 Å². The molecule has 0 bridgehead atoms. The second-order valence-corrected chi connectivity index (χ2v) is 10.5. The first kappa shape index (κ1) is 28.9. The fourth-order valence-electron chi connectivity index (χ4n) is 3.87. The molecule has 0 radical (unpaired) electrons. The van der Waals surface area contributed by atoms with E-state index in [1.807, 2.05) is 46.8 Å². The van der Waals surface area contributed by atoms with Crippen molar-refractivity contribution in [2.24, 2.45) is 0 Å². The summed E-state index contributed by atoms with van der Waals surface area (Å²) in [6.45, 7) is 11.5. The van der Waals surface area contributed by atoms with Crippen LogP contribution in [0.3, 0.4) is 0 Å². The number of carbonyl (C=O) groups excluding carboxylic acids is 3. The number of carbonyl (C=O) groups is 3. The van der Waals surface area contributed by atoms with E-state index in [9.17, 15) is 14.4 Å². The summed E-state index contributed by atoms with van der Waals surface area (Å²) in [6, 6.07) is 13.1. The number of hydrogen-bond donors (Lipinski definition) is 2. The number of benzene rings is 2. The number of aryl methyl sites for hydroxylation is 3. The lowest BCUT2D eigenvalue weighted by molar-refractivity contribution is -0.128. The van der Waals surface area contributed by atoms with Gasteiger partial charge in [-0.05, 0) is 70.4 Å². The van der Waals surface area contributed by atoms with Gasteiger partial charge in [0.2, 0.25) is 17.7 Å². The number of amides is 3. The van der Waals surface area contributed by atoms with Crippen LogP contribution in [0, 0.1) is 20.8 Å². The third-order valence-corrected chi connectivity index (χ3v) is 6.89. The molecule has 1 atom stereocenters. The van der Waals surface area contributed by atoms with E-state index in [4.69, 9.17) is 16.1 Å². The minimum atomic E-state index is -1.05. The minimum absolute atomic E-state index is 0.108. The first-order valence-corrected chi connectivity index (χ1v) is 13.0. The Kier molecular flexibility index (Phi) is 9.33. The maximum Gasteiger partial charge on any atom is 0.248 e. The molecular formula is C29H35ClN4O4. The van der Waals surface area contributed by atoms with Gasteiger partial charge in [-0.1, -0.05) is 47.9 Å². The fourth-order valence-corrected chi connectivity index (χ4v) is 4.11. The lowest BCUT2D eigenvalue weighted by Gasteiger charge is -2.35. The van der Waals surface area contributed by atoms with E-state index in [0.717, 1.165) is 11.1 Å². The van der Waals surface area contributed by atoms with E-state index in [1.54, 1.807) is 43.3 Å². The second-order valence-electron chi connectivity index (χ2n) is 10.1. The van der Waals surface area contributed by atoms with E-state index >= 15 is 0 Å². The topological polar surface area (TPSA) is 105 Å². The van der Waals surface area contributed by atoms with E-state index in [-0.39, 0.29) is 24.6 Å². The predicted molar refractivity (Wildman–Crippen MR) is 149 cm³/mol. The van der Waals surface area contributed by atoms with Crippen molar-refractivity contribution in [2.45, 2.75) is 72.4 Å². The molecule has 0 fully saturated rings. The maximum absolute atomic E-state index is 13.9. The lowest BCUT2D eigenvalue weighted by atomic mass is 9.97. The van der Waals surface area contributed by atoms with Crippen molar-refractivity contribution in [2.75, 3.05) is 10.2 Å². The number of hydrogen-bond acceptors (Lipinski definition) is 5. The van der Waals surface area contributed by atoms with Gasteiger partial charge in [-0.2, -0.15) is 0 Å². The molecule has 2 N–H and O–H groups in total. The van der Waals surface area contributed by atoms with Crippen LogP contribution in [0.5, 0.6) is 0 Å². The molecule has 1 heterocycles. The summed E-state index contributed by atoms with van der Waals surface area (Å²) in [4.78, 5) is 41.7. The monoisotopic (exact) mass is 538 g/mol. The third-order valence-electron chi connectivity index (χ3n) is 6.55. The Labute approximate surface area is 228 Å². The lowest BCUT2D eigenvalue weighted by Crippen LogP contribution is -2.50. The summed E-state index contributed by atoms with van der Waals surface area (Å²) in [5, 5.41) is 9.82. The van der Waals surface area contributed by atoms with Gasteiger partial charge in [0.1, 0.15) is 11.8 Å². The average Bonchev–Trinajstić information content (AvgIpc) is 3.27. The van der Waals surface area contributed by atoms with Crippen molar-refractivity contribution >= 4 is 40.8 Å². The predicted octanol–water partition coefficient (Wildman–Crippen LogP) is 6.05. The van der Waals surface area contributed by atoms with E-state index in [0.29, 0.717) is 28.5 Å². The molecule has 38 heavy (non-hydrogen) atoms. The highest BCUT2D eigenvalue weighted by Crippen LogP contribution is 2.34. The van der Waals surface area contributed by atoms with Gasteiger partial charge in [-0.3, -0.25) is 19.3 Å². The minimum Gasteiger partial charge on any atom is -0.360 e. The molecule has 3 amide bonds. The molecule has 0 saturated heterocycles. The van der Waals surface area contributed by atoms with Crippen molar-refractivity contribution in [3.63, 3.8) is 0 Å². The molecule has 9 heteroatoms. The van der Waals surface area contributed by atoms with Gasteiger partial charge in [-0.15, -0.1) is 0 Å². The quantitative estimate of drug-likeness (QED) is 0.327. The molecule has 8 nitrogen and oxygen atoms in total. The highest BCUT2D eigenvalue weighted by atomic mass is 35.5. The van der Waals surface area contributed by atoms with Crippen molar-refractivity contribution in [3.05, 3.63) is 76.0 Å². The van der Waals surface area contributed by atoms with E-state index in [1.165, 1.54) is 4.90 Å². The van der Waals surface area contributed by atoms with Crippen LogP contribution in [0.15, 0.2) is 53.1 Å². The highest BCUT2D eigenvalue weighted by molar-refractivity contribution is 6.31. The van der Waals surface area contributed by atoms with Gasteiger partial charge in [0.05, 0.1) is 0 Å². The Morgan fingerprint density at radius 3 is 2.34 bits per heavy atom. The first-order valence-electron chi connectivity index (χ1n) is 12.6. The van der Waals surface area contributed by atoms with Crippen LogP contribution in [0.25, 0.3) is 0 Å². The van der Waals surface area contributed by atoms with Crippen LogP contribution >= 0.6 is 11.6 Å². The zero-order chi connectivity index (χ0) is 28.0. The summed E-state index contributed by atoms with van der Waals surface area (Å²) in [7, 11) is 0. The van der Waals surface area contributed by atoms with E-state index < -0.39 is 23.4 Å². The summed E-state index contributed by atoms with van der Waals surface area (Å²) >= 11 is 6.58. The second kappa shape index (κ2) is 12.3. The molecular weight excluding hydrogens is 504 g/mol. The largest absolute Gasteiger partial charge is 0.360 e. The molecule has 0 saturated carbocycles. The Hall–Kier alpha value is -3.65. The zero-order valence-electron chi connectivity index (χ0n) is 22.7. The van der Waals surface area contributed by atoms with Crippen LogP contribution < -0.4 is 15.5 Å². The van der Waals surface area contributed by atoms with Crippen LogP contribution in [0.2, 0.25) is 5.02 Å². The number of nitrogens with zero attached hydrogens (tertiary/aromatic N) is 2. The van der Waals surface area contributed by atoms with Gasteiger partial charge in [-0.25, -0.2) is 0 Å². The molecule has 0 aliphatic carbocycles. The fraction of sp³-hybridized carbons (Fsp3) is 0.379. The van der Waals surface area contributed by atoms with Gasteiger partial charge in [0.25, 0.3) is 0 Å². The molecule has 0 aliphatic rings. The summed E-state index contributed by atoms with van der Waals surface area (Å²) in [5.74, 6) is -0.312. The molecule has 2 aromatic carbocycles. The van der Waals surface area contributed by atoms with Gasteiger partial charge < -0.3 is 15.2 Å². The standard InChI is InChI=1S/C29H35ClN4O4/c1-7-29(5,6)32-28(37)27(22-10-8-9-11-23(22)30)34(21-13-12-18(2)19(3)16-21)26(36)15-14-25(35)31-24-17-20(4)38-33-24/h8-13,16-17,27H,7,14-15H2,1-6H3,(H,32,37)(H,31,33,35)/t27-/m1/s1. The average molecular weight is 539 g/mol. The van der Waals surface area contributed by atoms with Crippen molar-refractivity contribution in [1.29, 1.82) is 0 Å². The number of rotatable bonds is 10. The van der Waals surface area contributed by atoms with Crippen molar-refractivity contribution in [1.82, 2.24) is 10.5 Å². The number of halogens is 1. The normalized spacial score (nSPS) is 12.1. The Balaban J connectivity index is 2.01. The summed E-state index contributed by atoms with van der Waals surface area (Å²) < 4.78 is 4.98. The molecule has 3 aromatic rings. The molecule has 1 aromatic heterocycles. The number of anilines is 2. The molecule has 0 unspecified atom stereocenters. The van der Waals surface area contributed by atoms with Crippen molar-refractivity contribution < 1.29 is 18.9 Å². The summed E-state index contributed by atoms with van der Waals surface area (Å²) in [6.07, 6.45) is 0.442. The van der Waals surface area contributed by atoms with Gasteiger partial charge in [0, 0.05) is 40.7 Å². The number of nitrogens with one attached hydrogen (secondary N) is 2. The van der Waals surface area contributed by atoms with Crippen molar-refractivity contribution in [3.8, 4) is 0 Å². The summed E-state index contributed by atoms with van der Waals surface area (Å²) in [5.41, 5.74) is 2.54. The van der Waals surface area contributed by atoms with Crippen LogP contribution in [0.1, 0.15) is 68.5 Å². The van der Waals surface area contributed by atoms with Gasteiger partial charge >= 0.3 is 0 Å². The molecule has 202 valence electrons. The molecule has 0 spiro atoms. The first-order chi connectivity index (χ1) is 17.9. The maximum atomic E-state index is 13.9. The molecule has 0 aliphatic heterocycles. The Morgan fingerprint density at radius 1 is 1.03 bits per heavy atom. The number of aromatic nitrogens is 1. The van der Waals surface area contributed by atoms with Crippen LogP contribution in [-0.4, -0.2) is 28.4 Å².